The van der Waals surface area contributed by atoms with Crippen molar-refractivity contribution in [3.63, 3.8) is 0 Å². The van der Waals surface area contributed by atoms with Crippen molar-refractivity contribution >= 4 is 5.82 Å². The lowest BCUT2D eigenvalue weighted by Crippen LogP contribution is -2.31. The van der Waals surface area contributed by atoms with Gasteiger partial charge in [-0.3, -0.25) is 0 Å². The van der Waals surface area contributed by atoms with E-state index in [1.165, 1.54) is 12.0 Å². The topological polar surface area (TPSA) is 50.3 Å². The molecule has 0 bridgehead atoms. The minimum atomic E-state index is -0.366. The summed E-state index contributed by atoms with van der Waals surface area (Å²) in [6, 6.07) is 10.9. The number of fused-ring (bicyclic) bond motifs is 1. The Balaban J connectivity index is 1.83. The van der Waals surface area contributed by atoms with E-state index in [-0.39, 0.29) is 11.5 Å². The summed E-state index contributed by atoms with van der Waals surface area (Å²) in [7, 11) is 0. The average Bonchev–Trinajstić information content (AvgIpc) is 2.95. The summed E-state index contributed by atoms with van der Waals surface area (Å²) in [5.41, 5.74) is 1.96. The number of nitrogens with one attached hydrogen (secondary N) is 1. The number of benzene rings is 1. The van der Waals surface area contributed by atoms with Gasteiger partial charge in [-0.05, 0) is 65.7 Å². The van der Waals surface area contributed by atoms with Gasteiger partial charge < -0.3 is 15.0 Å². The van der Waals surface area contributed by atoms with Gasteiger partial charge in [0.05, 0.1) is 11.5 Å². The van der Waals surface area contributed by atoms with E-state index in [4.69, 9.17) is 9.72 Å². The molecule has 5 nitrogen and oxygen atoms in total. The molecule has 1 aromatic carbocycles. The molecule has 0 saturated heterocycles. The maximum Gasteiger partial charge on any atom is 0.223 e. The van der Waals surface area contributed by atoms with E-state index in [9.17, 15) is 0 Å². The first-order valence-corrected chi connectivity index (χ1v) is 11.0. The van der Waals surface area contributed by atoms with Crippen LogP contribution in [-0.2, 0) is 0 Å². The average molecular weight is 397 g/mol. The highest BCUT2D eigenvalue weighted by Gasteiger charge is 2.45. The Hall–Kier alpha value is -2.14. The summed E-state index contributed by atoms with van der Waals surface area (Å²) in [4.78, 5) is 11.9. The highest BCUT2D eigenvalue weighted by Crippen LogP contribution is 2.49. The largest absolute Gasteiger partial charge is 0.470 e. The lowest BCUT2D eigenvalue weighted by molar-refractivity contribution is 0.117. The molecule has 1 aliphatic rings. The third kappa shape index (κ3) is 4.89. The molecule has 29 heavy (non-hydrogen) atoms. The Labute approximate surface area is 175 Å². The van der Waals surface area contributed by atoms with Gasteiger partial charge in [-0.15, -0.1) is 0 Å². The van der Waals surface area contributed by atoms with E-state index >= 15 is 0 Å². The van der Waals surface area contributed by atoms with Crippen LogP contribution in [0.4, 0.5) is 5.82 Å². The lowest BCUT2D eigenvalue weighted by atomic mass is 9.81. The molecular weight excluding hydrogens is 360 g/mol. The first-order valence-electron chi connectivity index (χ1n) is 11.0. The molecule has 1 N–H and O–H groups in total. The van der Waals surface area contributed by atoms with Crippen LogP contribution in [0.3, 0.4) is 0 Å². The SMILES string of the molecule is CCN(CC)CCC[C@@H](C)Nc1nc(C)nc2c1[C@@H](c1ccccc1)C(C)(C)O2. The van der Waals surface area contributed by atoms with E-state index < -0.39 is 0 Å². The maximum absolute atomic E-state index is 6.31. The summed E-state index contributed by atoms with van der Waals surface area (Å²) in [5.74, 6) is 2.48. The number of hydrogen-bond donors (Lipinski definition) is 1. The zero-order valence-electron chi connectivity index (χ0n) is 18.8. The minimum Gasteiger partial charge on any atom is -0.470 e. The number of rotatable bonds is 9. The van der Waals surface area contributed by atoms with Crippen molar-refractivity contribution in [2.75, 3.05) is 25.0 Å². The highest BCUT2D eigenvalue weighted by atomic mass is 16.5. The molecule has 0 amide bonds. The van der Waals surface area contributed by atoms with E-state index in [0.29, 0.717) is 11.9 Å². The molecule has 3 rings (SSSR count). The summed E-state index contributed by atoms with van der Waals surface area (Å²) in [6.07, 6.45) is 2.28. The van der Waals surface area contributed by atoms with E-state index in [1.54, 1.807) is 0 Å². The van der Waals surface area contributed by atoms with Gasteiger partial charge in [0, 0.05) is 6.04 Å². The Kier molecular flexibility index (Phi) is 6.78. The normalized spacial score (nSPS) is 18.4. The van der Waals surface area contributed by atoms with Crippen molar-refractivity contribution in [2.45, 2.75) is 71.9 Å². The van der Waals surface area contributed by atoms with Crippen molar-refractivity contribution in [3.8, 4) is 5.88 Å². The second-order valence-corrected chi connectivity index (χ2v) is 8.60. The number of nitrogens with zero attached hydrogens (tertiary/aromatic N) is 3. The van der Waals surface area contributed by atoms with Crippen LogP contribution in [0, 0.1) is 6.92 Å². The van der Waals surface area contributed by atoms with Gasteiger partial charge in [-0.25, -0.2) is 4.98 Å². The summed E-state index contributed by atoms with van der Waals surface area (Å²) in [5, 5.41) is 3.68. The number of aromatic nitrogens is 2. The van der Waals surface area contributed by atoms with Crippen molar-refractivity contribution in [3.05, 3.63) is 47.3 Å². The van der Waals surface area contributed by atoms with Crippen LogP contribution in [0.2, 0.25) is 0 Å². The predicted molar refractivity (Wildman–Crippen MR) is 120 cm³/mol. The van der Waals surface area contributed by atoms with Crippen LogP contribution >= 0.6 is 0 Å². The Bertz CT molecular complexity index is 802. The fraction of sp³-hybridized carbons (Fsp3) is 0.583. The van der Waals surface area contributed by atoms with E-state index in [1.807, 2.05) is 6.92 Å². The molecule has 0 fully saturated rings. The molecule has 0 saturated carbocycles. The smallest absolute Gasteiger partial charge is 0.223 e. The molecule has 0 unspecified atom stereocenters. The molecule has 5 heteroatoms. The lowest BCUT2D eigenvalue weighted by Gasteiger charge is -2.27. The Morgan fingerprint density at radius 3 is 2.48 bits per heavy atom. The fourth-order valence-electron chi connectivity index (χ4n) is 4.34. The van der Waals surface area contributed by atoms with Gasteiger partial charge in [0.15, 0.2) is 0 Å². The zero-order valence-corrected chi connectivity index (χ0v) is 18.8. The van der Waals surface area contributed by atoms with Crippen LogP contribution < -0.4 is 10.1 Å². The quantitative estimate of drug-likeness (QED) is 0.646. The monoisotopic (exact) mass is 396 g/mol. The van der Waals surface area contributed by atoms with E-state index in [2.05, 4.69) is 80.2 Å². The van der Waals surface area contributed by atoms with Crippen LogP contribution in [0.1, 0.15) is 70.3 Å². The van der Waals surface area contributed by atoms with Gasteiger partial charge in [-0.2, -0.15) is 4.98 Å². The van der Waals surface area contributed by atoms with Gasteiger partial charge >= 0.3 is 0 Å². The summed E-state index contributed by atoms with van der Waals surface area (Å²) >= 11 is 0. The van der Waals surface area contributed by atoms with Crippen LogP contribution in [0.15, 0.2) is 30.3 Å². The minimum absolute atomic E-state index is 0.102. The van der Waals surface area contributed by atoms with Crippen molar-refractivity contribution in [2.24, 2.45) is 0 Å². The molecule has 1 aliphatic heterocycles. The summed E-state index contributed by atoms with van der Waals surface area (Å²) in [6.45, 7) is 16.3. The number of aryl methyl sites for hydroxylation is 1. The van der Waals surface area contributed by atoms with Gasteiger partial charge in [0.1, 0.15) is 17.2 Å². The first-order chi connectivity index (χ1) is 13.9. The van der Waals surface area contributed by atoms with Gasteiger partial charge in [-0.1, -0.05) is 44.2 Å². The fourth-order valence-corrected chi connectivity index (χ4v) is 4.34. The molecule has 0 aliphatic carbocycles. The molecular formula is C24H36N4O. The second kappa shape index (κ2) is 9.12. The molecule has 2 aromatic rings. The standard InChI is InChI=1S/C24H36N4O/c1-7-28(8-2)16-12-13-17(3)25-22-20-21(19-14-10-9-11-15-19)24(5,6)29-23(20)27-18(4)26-22/h9-11,14-15,17,21H,7-8,12-13,16H2,1-6H3,(H,25,26,27)/t17-,21-/m1/s1. The molecule has 1 aromatic heterocycles. The zero-order chi connectivity index (χ0) is 21.0. The molecule has 0 spiro atoms. The maximum atomic E-state index is 6.31. The Morgan fingerprint density at radius 1 is 1.14 bits per heavy atom. The third-order valence-corrected chi connectivity index (χ3v) is 5.89. The van der Waals surface area contributed by atoms with Crippen LogP contribution in [0.25, 0.3) is 0 Å². The molecule has 2 atom stereocenters. The van der Waals surface area contributed by atoms with Crippen LogP contribution in [-0.4, -0.2) is 46.1 Å². The highest BCUT2D eigenvalue weighted by molar-refractivity contribution is 5.59. The number of ether oxygens (including phenoxy) is 1. The molecule has 0 radical (unpaired) electrons. The second-order valence-electron chi connectivity index (χ2n) is 8.60. The number of hydrogen-bond acceptors (Lipinski definition) is 5. The van der Waals surface area contributed by atoms with Gasteiger partial charge in [0.25, 0.3) is 0 Å². The van der Waals surface area contributed by atoms with Gasteiger partial charge in [0.2, 0.25) is 5.88 Å². The van der Waals surface area contributed by atoms with Crippen molar-refractivity contribution in [1.82, 2.24) is 14.9 Å². The predicted octanol–water partition coefficient (Wildman–Crippen LogP) is 5.01. The van der Waals surface area contributed by atoms with Crippen molar-refractivity contribution < 1.29 is 4.74 Å². The van der Waals surface area contributed by atoms with Crippen molar-refractivity contribution in [1.29, 1.82) is 0 Å². The van der Waals surface area contributed by atoms with E-state index in [0.717, 1.165) is 43.3 Å². The molecule has 2 heterocycles. The Morgan fingerprint density at radius 2 is 1.83 bits per heavy atom. The first kappa shape index (κ1) is 21.6. The third-order valence-electron chi connectivity index (χ3n) is 5.89. The van der Waals surface area contributed by atoms with Crippen LogP contribution in [0.5, 0.6) is 5.88 Å². The summed E-state index contributed by atoms with van der Waals surface area (Å²) < 4.78 is 6.31. The number of anilines is 1. The molecule has 158 valence electrons.